The number of carbonyl (C=O) groups excluding carboxylic acids is 1. The maximum atomic E-state index is 13.3. The number of nitro benzene ring substituents is 1. The van der Waals surface area contributed by atoms with Crippen LogP contribution in [0.25, 0.3) is 5.69 Å². The van der Waals surface area contributed by atoms with E-state index in [1.165, 1.54) is 53.2 Å². The Kier molecular flexibility index (Phi) is 4.93. The first-order valence-corrected chi connectivity index (χ1v) is 7.85. The number of halogens is 2. The van der Waals surface area contributed by atoms with E-state index in [0.717, 1.165) is 12.1 Å². The molecular formula is C18H14F2N4O3. The normalized spacial score (nSPS) is 10.6. The van der Waals surface area contributed by atoms with Gasteiger partial charge in [-0.15, -0.1) is 0 Å². The fourth-order valence-electron chi connectivity index (χ4n) is 2.51. The van der Waals surface area contributed by atoms with Gasteiger partial charge in [-0.25, -0.2) is 13.5 Å². The van der Waals surface area contributed by atoms with Crippen molar-refractivity contribution >= 4 is 11.6 Å². The van der Waals surface area contributed by atoms with E-state index in [2.05, 4.69) is 5.10 Å². The predicted molar refractivity (Wildman–Crippen MR) is 92.4 cm³/mol. The van der Waals surface area contributed by atoms with Crippen molar-refractivity contribution < 1.29 is 18.5 Å². The lowest BCUT2D eigenvalue weighted by Gasteiger charge is -2.16. The number of nitro groups is 1. The van der Waals surface area contributed by atoms with Crippen LogP contribution < -0.4 is 0 Å². The van der Waals surface area contributed by atoms with Crippen LogP contribution in [0.1, 0.15) is 16.1 Å². The van der Waals surface area contributed by atoms with Gasteiger partial charge in [0.05, 0.1) is 10.6 Å². The molecule has 1 heterocycles. The fourth-order valence-corrected chi connectivity index (χ4v) is 2.51. The predicted octanol–water partition coefficient (Wildman–Crippen LogP) is 3.33. The van der Waals surface area contributed by atoms with E-state index in [-0.39, 0.29) is 17.9 Å². The number of carbonyl (C=O) groups is 1. The molecule has 0 aliphatic heterocycles. The lowest BCUT2D eigenvalue weighted by atomic mass is 10.2. The first-order chi connectivity index (χ1) is 12.8. The monoisotopic (exact) mass is 372 g/mol. The number of amides is 1. The summed E-state index contributed by atoms with van der Waals surface area (Å²) >= 11 is 0. The highest BCUT2D eigenvalue weighted by molar-refractivity contribution is 5.92. The SMILES string of the molecule is CN(Cc1ccc(F)c(F)c1)C(=O)c1ccn(-c2cccc([N+](=O)[O-])c2)n1. The van der Waals surface area contributed by atoms with Crippen molar-refractivity contribution in [1.29, 1.82) is 0 Å². The first kappa shape index (κ1) is 18.2. The molecule has 0 bridgehead atoms. The third kappa shape index (κ3) is 3.97. The fraction of sp³-hybridized carbons (Fsp3) is 0.111. The number of benzene rings is 2. The second-order valence-electron chi connectivity index (χ2n) is 5.83. The summed E-state index contributed by atoms with van der Waals surface area (Å²) in [7, 11) is 1.51. The van der Waals surface area contributed by atoms with Crippen LogP contribution in [-0.2, 0) is 6.54 Å². The van der Waals surface area contributed by atoms with Gasteiger partial charge in [-0.2, -0.15) is 5.10 Å². The molecule has 9 heteroatoms. The maximum absolute atomic E-state index is 13.3. The van der Waals surface area contributed by atoms with Crippen molar-refractivity contribution in [3.05, 3.63) is 87.7 Å². The highest BCUT2D eigenvalue weighted by Crippen LogP contribution is 2.17. The summed E-state index contributed by atoms with van der Waals surface area (Å²) in [5.41, 5.74) is 0.896. The molecule has 0 spiro atoms. The summed E-state index contributed by atoms with van der Waals surface area (Å²) in [6.07, 6.45) is 1.51. The highest BCUT2D eigenvalue weighted by atomic mass is 19.2. The van der Waals surface area contributed by atoms with Crippen molar-refractivity contribution in [2.45, 2.75) is 6.54 Å². The number of nitrogens with zero attached hydrogens (tertiary/aromatic N) is 4. The molecule has 1 amide bonds. The topological polar surface area (TPSA) is 81.3 Å². The zero-order valence-corrected chi connectivity index (χ0v) is 14.2. The maximum Gasteiger partial charge on any atom is 0.274 e. The summed E-state index contributed by atoms with van der Waals surface area (Å²) in [5, 5.41) is 15.0. The number of hydrogen-bond donors (Lipinski definition) is 0. The summed E-state index contributed by atoms with van der Waals surface area (Å²) in [4.78, 5) is 24.2. The molecule has 138 valence electrons. The van der Waals surface area contributed by atoms with Crippen LogP contribution in [0.4, 0.5) is 14.5 Å². The lowest BCUT2D eigenvalue weighted by Crippen LogP contribution is -2.26. The molecule has 0 unspecified atom stereocenters. The molecular weight excluding hydrogens is 358 g/mol. The van der Waals surface area contributed by atoms with Gasteiger partial charge in [0.2, 0.25) is 0 Å². The van der Waals surface area contributed by atoms with Crippen molar-refractivity contribution in [3.8, 4) is 5.69 Å². The molecule has 0 aliphatic rings. The third-order valence-corrected chi connectivity index (χ3v) is 3.86. The van der Waals surface area contributed by atoms with Crippen LogP contribution in [0.15, 0.2) is 54.7 Å². The Morgan fingerprint density at radius 2 is 1.96 bits per heavy atom. The van der Waals surface area contributed by atoms with E-state index in [4.69, 9.17) is 0 Å². The quantitative estimate of drug-likeness (QED) is 0.508. The molecule has 0 aliphatic carbocycles. The van der Waals surface area contributed by atoms with Crippen LogP contribution in [0, 0.1) is 21.7 Å². The van der Waals surface area contributed by atoms with Gasteiger partial charge in [0.1, 0.15) is 0 Å². The van der Waals surface area contributed by atoms with E-state index >= 15 is 0 Å². The van der Waals surface area contributed by atoms with Gasteiger partial charge in [0.25, 0.3) is 11.6 Å². The minimum absolute atomic E-state index is 0.0691. The molecule has 0 saturated heterocycles. The molecule has 1 aromatic heterocycles. The van der Waals surface area contributed by atoms with Gasteiger partial charge >= 0.3 is 0 Å². The smallest absolute Gasteiger partial charge is 0.274 e. The molecule has 3 rings (SSSR count). The van der Waals surface area contributed by atoms with Crippen LogP contribution in [0.3, 0.4) is 0 Å². The van der Waals surface area contributed by atoms with Crippen molar-refractivity contribution in [2.24, 2.45) is 0 Å². The number of non-ortho nitro benzene ring substituents is 1. The van der Waals surface area contributed by atoms with Gasteiger partial charge in [0, 0.05) is 31.9 Å². The van der Waals surface area contributed by atoms with Gasteiger partial charge < -0.3 is 4.90 Å². The Balaban J connectivity index is 1.77. The minimum Gasteiger partial charge on any atom is -0.336 e. The molecule has 27 heavy (non-hydrogen) atoms. The van der Waals surface area contributed by atoms with E-state index < -0.39 is 22.5 Å². The second-order valence-corrected chi connectivity index (χ2v) is 5.83. The average Bonchev–Trinajstić information content (AvgIpc) is 3.14. The van der Waals surface area contributed by atoms with Gasteiger partial charge in [-0.1, -0.05) is 12.1 Å². The van der Waals surface area contributed by atoms with Crippen molar-refractivity contribution in [3.63, 3.8) is 0 Å². The molecule has 7 nitrogen and oxygen atoms in total. The molecule has 0 atom stereocenters. The summed E-state index contributed by atoms with van der Waals surface area (Å²) in [6.45, 7) is 0.0691. The van der Waals surface area contributed by atoms with Gasteiger partial charge in [-0.05, 0) is 29.8 Å². The first-order valence-electron chi connectivity index (χ1n) is 7.85. The van der Waals surface area contributed by atoms with E-state index in [1.54, 1.807) is 6.07 Å². The van der Waals surface area contributed by atoms with E-state index in [0.29, 0.717) is 11.3 Å². The third-order valence-electron chi connectivity index (χ3n) is 3.86. The van der Waals surface area contributed by atoms with Crippen LogP contribution in [-0.4, -0.2) is 32.6 Å². The zero-order valence-electron chi connectivity index (χ0n) is 14.2. The Morgan fingerprint density at radius 3 is 2.67 bits per heavy atom. The number of aromatic nitrogens is 2. The van der Waals surface area contributed by atoms with E-state index in [9.17, 15) is 23.7 Å². The molecule has 2 aromatic carbocycles. The summed E-state index contributed by atoms with van der Waals surface area (Å²) in [5.74, 6) is -2.37. The molecule has 0 fully saturated rings. The highest BCUT2D eigenvalue weighted by Gasteiger charge is 2.17. The Morgan fingerprint density at radius 1 is 1.19 bits per heavy atom. The van der Waals surface area contributed by atoms with Crippen molar-refractivity contribution in [2.75, 3.05) is 7.05 Å². The summed E-state index contributed by atoms with van der Waals surface area (Å²) < 4.78 is 27.6. The van der Waals surface area contributed by atoms with Crippen LogP contribution in [0.5, 0.6) is 0 Å². The largest absolute Gasteiger partial charge is 0.336 e. The van der Waals surface area contributed by atoms with Crippen molar-refractivity contribution in [1.82, 2.24) is 14.7 Å². The molecule has 0 radical (unpaired) electrons. The zero-order chi connectivity index (χ0) is 19.6. The van der Waals surface area contributed by atoms with Crippen LogP contribution in [0.2, 0.25) is 0 Å². The van der Waals surface area contributed by atoms with Crippen LogP contribution >= 0.6 is 0 Å². The Bertz CT molecular complexity index is 1020. The van der Waals surface area contributed by atoms with Gasteiger partial charge in [-0.3, -0.25) is 14.9 Å². The number of rotatable bonds is 5. The van der Waals surface area contributed by atoms with Gasteiger partial charge in [0.15, 0.2) is 17.3 Å². The standard InChI is InChI=1S/C18H14F2N4O3/c1-22(11-12-5-6-15(19)16(20)9-12)18(25)17-7-8-23(21-17)13-3-2-4-14(10-13)24(26)27/h2-10H,11H2,1H3. The average molecular weight is 372 g/mol. The molecule has 3 aromatic rings. The molecule has 0 N–H and O–H groups in total. The lowest BCUT2D eigenvalue weighted by molar-refractivity contribution is -0.384. The number of hydrogen-bond acceptors (Lipinski definition) is 4. The minimum atomic E-state index is -0.983. The summed E-state index contributed by atoms with van der Waals surface area (Å²) in [6, 6.07) is 10.7. The second kappa shape index (κ2) is 7.32. The molecule has 0 saturated carbocycles. The Labute approximate surface area is 152 Å². The van der Waals surface area contributed by atoms with E-state index in [1.807, 2.05) is 0 Å². The Hall–Kier alpha value is -3.62.